The van der Waals surface area contributed by atoms with Crippen molar-refractivity contribution < 1.29 is 34.4 Å². The van der Waals surface area contributed by atoms with Gasteiger partial charge in [0.05, 0.1) is 0 Å². The molecule has 11 nitrogen and oxygen atoms in total. The van der Waals surface area contributed by atoms with E-state index in [4.69, 9.17) is 19.4 Å². The molecular weight excluding hydrogens is 338 g/mol. The molecule has 0 saturated carbocycles. The van der Waals surface area contributed by atoms with Gasteiger partial charge in [-0.25, -0.2) is 9.59 Å². The molecule has 0 radical (unpaired) electrons. The van der Waals surface area contributed by atoms with Gasteiger partial charge in [-0.15, -0.1) is 0 Å². The fourth-order valence-corrected chi connectivity index (χ4v) is 2.79. The van der Waals surface area contributed by atoms with Crippen molar-refractivity contribution in [2.24, 2.45) is 0 Å². The Morgan fingerprint density at radius 3 is 2.88 bits per heavy atom. The average molecular weight is 357 g/mol. The minimum atomic E-state index is -1.42. The lowest BCUT2D eigenvalue weighted by Gasteiger charge is -2.17. The Hall–Kier alpha value is -2.05. The molecule has 25 heavy (non-hydrogen) atoms. The summed E-state index contributed by atoms with van der Waals surface area (Å²) in [4.78, 5) is 27.3. The number of carbonyl (C=O) groups is 1. The van der Waals surface area contributed by atoms with Crippen LogP contribution in [0.3, 0.4) is 0 Å². The van der Waals surface area contributed by atoms with Crippen molar-refractivity contribution in [2.45, 2.75) is 43.5 Å². The van der Waals surface area contributed by atoms with Crippen LogP contribution in [0.2, 0.25) is 0 Å². The molecule has 3 heterocycles. The highest BCUT2D eigenvalue weighted by atomic mass is 16.6. The van der Waals surface area contributed by atoms with Gasteiger partial charge in [0.25, 0.3) is 0 Å². The number of rotatable bonds is 5. The Bertz CT molecular complexity index is 674. The normalized spacial score (nSPS) is 31.9. The standard InChI is InChI=1S/C14H19N3O8/c18-10-8(6-24-13(20)7-2-1-5-23-7)25-12(11(10)19)17-4-3-9(16-22)15-14(17)21/h3-4,7-8,10-12,18-19,22H,1-2,5-6H2,(H,15,16,21)/t7-,8-,10-,11-,12-/m1/s1. The van der Waals surface area contributed by atoms with E-state index in [1.807, 2.05) is 0 Å². The molecule has 3 rings (SSSR count). The number of hydrogen-bond acceptors (Lipinski definition) is 10. The lowest BCUT2D eigenvalue weighted by atomic mass is 10.1. The molecule has 2 fully saturated rings. The number of hydrogen-bond donors (Lipinski definition) is 4. The first kappa shape index (κ1) is 17.8. The molecule has 0 amide bonds. The van der Waals surface area contributed by atoms with Crippen molar-refractivity contribution >= 4 is 11.8 Å². The summed E-state index contributed by atoms with van der Waals surface area (Å²) in [7, 11) is 0. The van der Waals surface area contributed by atoms with E-state index in [0.717, 1.165) is 11.0 Å². The number of ether oxygens (including phenoxy) is 3. The van der Waals surface area contributed by atoms with Crippen LogP contribution in [0.25, 0.3) is 0 Å². The summed E-state index contributed by atoms with van der Waals surface area (Å²) >= 11 is 0. The molecule has 1 aromatic rings. The molecule has 5 atom stereocenters. The van der Waals surface area contributed by atoms with Crippen molar-refractivity contribution in [1.29, 1.82) is 0 Å². The van der Waals surface area contributed by atoms with Gasteiger partial charge in [-0.2, -0.15) is 4.98 Å². The Morgan fingerprint density at radius 1 is 1.44 bits per heavy atom. The summed E-state index contributed by atoms with van der Waals surface area (Å²) in [6, 6.07) is 1.29. The smallest absolute Gasteiger partial charge is 0.351 e. The topological polar surface area (TPSA) is 152 Å². The summed E-state index contributed by atoms with van der Waals surface area (Å²) in [6.07, 6.45) is -3.01. The minimum Gasteiger partial charge on any atom is -0.461 e. The van der Waals surface area contributed by atoms with E-state index < -0.39 is 42.3 Å². The van der Waals surface area contributed by atoms with Gasteiger partial charge in [-0.05, 0) is 18.9 Å². The maximum Gasteiger partial charge on any atom is 0.351 e. The molecule has 0 aromatic carbocycles. The molecule has 0 spiro atoms. The van der Waals surface area contributed by atoms with E-state index in [2.05, 4.69) is 4.98 Å². The molecular formula is C14H19N3O8. The van der Waals surface area contributed by atoms with Crippen LogP contribution in [-0.2, 0) is 19.0 Å². The van der Waals surface area contributed by atoms with Crippen LogP contribution in [0.4, 0.5) is 5.82 Å². The second kappa shape index (κ2) is 7.45. The molecule has 11 heteroatoms. The van der Waals surface area contributed by atoms with E-state index in [0.29, 0.717) is 13.0 Å². The van der Waals surface area contributed by atoms with Crippen LogP contribution in [0.1, 0.15) is 19.1 Å². The third kappa shape index (κ3) is 3.65. The van der Waals surface area contributed by atoms with Gasteiger partial charge in [-0.3, -0.25) is 15.3 Å². The van der Waals surface area contributed by atoms with E-state index in [1.54, 1.807) is 5.48 Å². The summed E-state index contributed by atoms with van der Waals surface area (Å²) in [5.74, 6) is -0.625. The quantitative estimate of drug-likeness (QED) is 0.357. The Kier molecular flexibility index (Phi) is 5.30. The molecule has 4 N–H and O–H groups in total. The zero-order valence-electron chi connectivity index (χ0n) is 13.1. The first-order chi connectivity index (χ1) is 12.0. The van der Waals surface area contributed by atoms with Crippen molar-refractivity contribution in [2.75, 3.05) is 18.7 Å². The molecule has 1 aromatic heterocycles. The fourth-order valence-electron chi connectivity index (χ4n) is 2.79. The molecule has 138 valence electrons. The molecule has 2 saturated heterocycles. The molecule has 0 bridgehead atoms. The van der Waals surface area contributed by atoms with Crippen molar-refractivity contribution in [3.63, 3.8) is 0 Å². The third-order valence-electron chi connectivity index (χ3n) is 4.14. The molecule has 2 aliphatic rings. The van der Waals surface area contributed by atoms with Gasteiger partial charge < -0.3 is 24.4 Å². The summed E-state index contributed by atoms with van der Waals surface area (Å²) in [5, 5.41) is 28.9. The van der Waals surface area contributed by atoms with Gasteiger partial charge in [0, 0.05) is 12.8 Å². The Morgan fingerprint density at radius 2 is 2.24 bits per heavy atom. The third-order valence-corrected chi connectivity index (χ3v) is 4.14. The lowest BCUT2D eigenvalue weighted by molar-refractivity contribution is -0.160. The number of carbonyl (C=O) groups excluding carboxylic acids is 1. The monoisotopic (exact) mass is 357 g/mol. The van der Waals surface area contributed by atoms with E-state index >= 15 is 0 Å². The largest absolute Gasteiger partial charge is 0.461 e. The molecule has 0 unspecified atom stereocenters. The summed E-state index contributed by atoms with van der Waals surface area (Å²) in [6.45, 7) is 0.212. The second-order valence-electron chi connectivity index (χ2n) is 5.79. The lowest BCUT2D eigenvalue weighted by Crippen LogP contribution is -2.37. The SMILES string of the molecule is O=C(OC[C@H]1O[C@@H](n2ccc(NO)nc2=O)[C@H](O)[C@@H]1O)[C@H]1CCCO1. The van der Waals surface area contributed by atoms with Crippen molar-refractivity contribution in [3.8, 4) is 0 Å². The Balaban J connectivity index is 1.64. The van der Waals surface area contributed by atoms with Gasteiger partial charge in [-0.1, -0.05) is 0 Å². The number of nitrogens with zero attached hydrogens (tertiary/aromatic N) is 2. The maximum absolute atomic E-state index is 11.9. The highest BCUT2D eigenvalue weighted by molar-refractivity contribution is 5.74. The number of aliphatic hydroxyl groups excluding tert-OH is 2. The van der Waals surface area contributed by atoms with Crippen LogP contribution < -0.4 is 11.2 Å². The number of anilines is 1. The summed E-state index contributed by atoms with van der Waals surface area (Å²) in [5.41, 5.74) is 0.929. The van der Waals surface area contributed by atoms with Gasteiger partial charge in [0.2, 0.25) is 0 Å². The van der Waals surface area contributed by atoms with Crippen LogP contribution in [-0.4, -0.2) is 68.6 Å². The van der Waals surface area contributed by atoms with Crippen molar-refractivity contribution in [3.05, 3.63) is 22.7 Å². The highest BCUT2D eigenvalue weighted by Gasteiger charge is 2.45. The highest BCUT2D eigenvalue weighted by Crippen LogP contribution is 2.29. The first-order valence-corrected chi connectivity index (χ1v) is 7.80. The van der Waals surface area contributed by atoms with Crippen molar-refractivity contribution in [1.82, 2.24) is 9.55 Å². The zero-order valence-corrected chi connectivity index (χ0v) is 13.1. The van der Waals surface area contributed by atoms with E-state index in [9.17, 15) is 19.8 Å². The van der Waals surface area contributed by atoms with E-state index in [1.165, 1.54) is 12.3 Å². The number of aromatic nitrogens is 2. The number of esters is 1. The van der Waals surface area contributed by atoms with Crippen LogP contribution >= 0.6 is 0 Å². The average Bonchev–Trinajstić information content (AvgIpc) is 3.24. The maximum atomic E-state index is 11.9. The summed E-state index contributed by atoms with van der Waals surface area (Å²) < 4.78 is 16.7. The van der Waals surface area contributed by atoms with Crippen LogP contribution in [0.15, 0.2) is 17.1 Å². The number of aliphatic hydroxyl groups is 2. The van der Waals surface area contributed by atoms with Crippen LogP contribution in [0, 0.1) is 0 Å². The second-order valence-corrected chi connectivity index (χ2v) is 5.79. The first-order valence-electron chi connectivity index (χ1n) is 7.80. The minimum absolute atomic E-state index is 0.0728. The van der Waals surface area contributed by atoms with Gasteiger partial charge in [0.1, 0.15) is 24.9 Å². The Labute approximate surface area is 141 Å². The van der Waals surface area contributed by atoms with E-state index in [-0.39, 0.29) is 12.4 Å². The number of nitrogens with one attached hydrogen (secondary N) is 1. The molecule has 0 aliphatic carbocycles. The predicted octanol–water partition coefficient (Wildman–Crippen LogP) is -1.61. The van der Waals surface area contributed by atoms with Gasteiger partial charge in [0.15, 0.2) is 18.1 Å². The molecule has 2 aliphatic heterocycles. The zero-order chi connectivity index (χ0) is 18.0. The fraction of sp³-hybridized carbons (Fsp3) is 0.643. The van der Waals surface area contributed by atoms with Gasteiger partial charge >= 0.3 is 11.7 Å². The van der Waals surface area contributed by atoms with Crippen LogP contribution in [0.5, 0.6) is 0 Å². The predicted molar refractivity (Wildman–Crippen MR) is 79.8 cm³/mol.